The van der Waals surface area contributed by atoms with E-state index in [9.17, 15) is 0 Å². The number of hydrogen-bond donors (Lipinski definition) is 1. The number of hydrogen-bond acceptors (Lipinski definition) is 3. The summed E-state index contributed by atoms with van der Waals surface area (Å²) in [4.78, 5) is 5.88. The number of aryl methyl sites for hydroxylation is 3. The Morgan fingerprint density at radius 2 is 2.00 bits per heavy atom. The molecule has 1 atom stereocenters. The molecule has 0 saturated carbocycles. The Morgan fingerprint density at radius 1 is 1.24 bits per heavy atom. The first kappa shape index (κ1) is 12.3. The van der Waals surface area contributed by atoms with Crippen molar-refractivity contribution in [1.82, 2.24) is 10.3 Å². The van der Waals surface area contributed by atoms with E-state index in [1.54, 1.807) is 11.3 Å². The van der Waals surface area contributed by atoms with Gasteiger partial charge in [-0.05, 0) is 56.5 Å². The second-order valence-electron chi connectivity index (χ2n) is 4.34. The molecular weight excluding hydrogens is 228 g/mol. The van der Waals surface area contributed by atoms with Crippen LogP contribution in [0.5, 0.6) is 0 Å². The Kier molecular flexibility index (Phi) is 3.60. The summed E-state index contributed by atoms with van der Waals surface area (Å²) in [5.74, 6) is 0. The van der Waals surface area contributed by atoms with E-state index >= 15 is 0 Å². The van der Waals surface area contributed by atoms with Crippen molar-refractivity contribution in [2.45, 2.75) is 26.8 Å². The summed E-state index contributed by atoms with van der Waals surface area (Å²) < 4.78 is 0. The highest BCUT2D eigenvalue weighted by molar-refractivity contribution is 7.10. The Hall–Kier alpha value is -1.19. The van der Waals surface area contributed by atoms with Crippen molar-refractivity contribution in [3.63, 3.8) is 0 Å². The van der Waals surface area contributed by atoms with E-state index < -0.39 is 0 Å². The molecule has 3 heteroatoms. The number of rotatable bonds is 3. The van der Waals surface area contributed by atoms with Gasteiger partial charge in [0.05, 0.1) is 6.04 Å². The fourth-order valence-electron chi connectivity index (χ4n) is 2.12. The third-order valence-electron chi connectivity index (χ3n) is 2.95. The van der Waals surface area contributed by atoms with Crippen LogP contribution in [0.1, 0.15) is 33.4 Å². The van der Waals surface area contributed by atoms with Crippen LogP contribution in [0.3, 0.4) is 0 Å². The molecule has 0 saturated heterocycles. The molecule has 0 fully saturated rings. The Balaban J connectivity index is 2.42. The van der Waals surface area contributed by atoms with Gasteiger partial charge in [0.2, 0.25) is 0 Å². The van der Waals surface area contributed by atoms with Crippen LogP contribution in [0.25, 0.3) is 0 Å². The molecule has 2 rings (SSSR count). The highest BCUT2D eigenvalue weighted by Gasteiger charge is 2.15. The molecule has 2 aromatic heterocycles. The van der Waals surface area contributed by atoms with Crippen LogP contribution in [-0.4, -0.2) is 12.0 Å². The van der Waals surface area contributed by atoms with Gasteiger partial charge in [-0.25, -0.2) is 0 Å². The van der Waals surface area contributed by atoms with Gasteiger partial charge in [0.25, 0.3) is 0 Å². The third kappa shape index (κ3) is 2.56. The monoisotopic (exact) mass is 246 g/mol. The first-order chi connectivity index (χ1) is 8.11. The minimum absolute atomic E-state index is 0.244. The van der Waals surface area contributed by atoms with Crippen molar-refractivity contribution in [1.29, 1.82) is 0 Å². The first-order valence-corrected chi connectivity index (χ1v) is 6.66. The first-order valence-electron chi connectivity index (χ1n) is 5.78. The smallest absolute Gasteiger partial charge is 0.0600 e. The number of pyridine rings is 1. The fraction of sp³-hybridized carbons (Fsp3) is 0.357. The Bertz CT molecular complexity index is 517. The van der Waals surface area contributed by atoms with Gasteiger partial charge in [-0.2, -0.15) is 0 Å². The second kappa shape index (κ2) is 4.98. The molecule has 1 N–H and O–H groups in total. The average molecular weight is 246 g/mol. The third-order valence-corrected chi connectivity index (χ3v) is 3.83. The number of nitrogens with one attached hydrogen (secondary N) is 1. The van der Waals surface area contributed by atoms with Crippen molar-refractivity contribution < 1.29 is 0 Å². The maximum atomic E-state index is 4.54. The van der Waals surface area contributed by atoms with E-state index in [1.807, 2.05) is 14.0 Å². The molecule has 0 spiro atoms. The van der Waals surface area contributed by atoms with Crippen LogP contribution in [-0.2, 0) is 0 Å². The summed E-state index contributed by atoms with van der Waals surface area (Å²) in [6.45, 7) is 6.24. The van der Waals surface area contributed by atoms with Crippen LogP contribution in [0.2, 0.25) is 0 Å². The largest absolute Gasteiger partial charge is 0.309 e. The second-order valence-corrected chi connectivity index (χ2v) is 5.46. The quantitative estimate of drug-likeness (QED) is 0.898. The summed E-state index contributed by atoms with van der Waals surface area (Å²) in [6, 6.07) is 6.73. The zero-order valence-corrected chi connectivity index (χ0v) is 11.6. The average Bonchev–Trinajstić information content (AvgIpc) is 2.69. The van der Waals surface area contributed by atoms with E-state index in [0.29, 0.717) is 0 Å². The van der Waals surface area contributed by atoms with E-state index in [1.165, 1.54) is 16.0 Å². The number of aromatic nitrogens is 1. The molecule has 0 aliphatic heterocycles. The van der Waals surface area contributed by atoms with Gasteiger partial charge in [-0.15, -0.1) is 11.3 Å². The lowest BCUT2D eigenvalue weighted by molar-refractivity contribution is 0.684. The van der Waals surface area contributed by atoms with Gasteiger partial charge in [0.1, 0.15) is 0 Å². The highest BCUT2D eigenvalue weighted by atomic mass is 32.1. The summed E-state index contributed by atoms with van der Waals surface area (Å²) in [7, 11) is 2.00. The van der Waals surface area contributed by atoms with Gasteiger partial charge < -0.3 is 5.32 Å². The summed E-state index contributed by atoms with van der Waals surface area (Å²) in [5, 5.41) is 5.59. The number of nitrogens with zero attached hydrogens (tertiary/aromatic N) is 1. The topological polar surface area (TPSA) is 24.9 Å². The lowest BCUT2D eigenvalue weighted by Gasteiger charge is -2.17. The van der Waals surface area contributed by atoms with Crippen LogP contribution < -0.4 is 5.32 Å². The number of thiophene rings is 1. The van der Waals surface area contributed by atoms with Crippen molar-refractivity contribution in [2.24, 2.45) is 0 Å². The predicted molar refractivity (Wildman–Crippen MR) is 73.7 cm³/mol. The maximum Gasteiger partial charge on any atom is 0.0600 e. The molecule has 2 nitrogen and oxygen atoms in total. The molecule has 2 aromatic rings. The summed E-state index contributed by atoms with van der Waals surface area (Å²) in [6.07, 6.45) is 0. The molecule has 90 valence electrons. The molecular formula is C14H18N2S. The van der Waals surface area contributed by atoms with E-state index in [2.05, 4.69) is 47.7 Å². The predicted octanol–water partition coefficient (Wildman–Crippen LogP) is 3.38. The fourth-order valence-corrected chi connectivity index (χ4v) is 2.85. The van der Waals surface area contributed by atoms with Crippen molar-refractivity contribution in [3.05, 3.63) is 51.0 Å². The molecule has 0 radical (unpaired) electrons. The summed E-state index contributed by atoms with van der Waals surface area (Å²) in [5.41, 5.74) is 4.76. The molecule has 1 unspecified atom stereocenters. The normalized spacial score (nSPS) is 12.7. The van der Waals surface area contributed by atoms with Gasteiger partial charge in [0.15, 0.2) is 0 Å². The molecule has 0 aromatic carbocycles. The molecule has 0 bridgehead atoms. The maximum absolute atomic E-state index is 4.54. The molecule has 0 amide bonds. The van der Waals surface area contributed by atoms with Crippen LogP contribution in [0.15, 0.2) is 23.6 Å². The van der Waals surface area contributed by atoms with Gasteiger partial charge in [-0.3, -0.25) is 4.98 Å². The van der Waals surface area contributed by atoms with Crippen LogP contribution in [0, 0.1) is 20.8 Å². The van der Waals surface area contributed by atoms with Crippen LogP contribution in [0.4, 0.5) is 0 Å². The van der Waals surface area contributed by atoms with E-state index in [-0.39, 0.29) is 6.04 Å². The Labute approximate surface area is 107 Å². The minimum Gasteiger partial charge on any atom is -0.309 e. The van der Waals surface area contributed by atoms with E-state index in [4.69, 9.17) is 0 Å². The Morgan fingerprint density at radius 3 is 2.53 bits per heavy atom. The highest BCUT2D eigenvalue weighted by Crippen LogP contribution is 2.27. The van der Waals surface area contributed by atoms with Gasteiger partial charge in [0, 0.05) is 16.3 Å². The SMILES string of the molecule is CNC(c1csc(C)c1)c1ccc(C)nc1C. The van der Waals surface area contributed by atoms with Gasteiger partial charge >= 0.3 is 0 Å². The van der Waals surface area contributed by atoms with Crippen molar-refractivity contribution >= 4 is 11.3 Å². The summed E-state index contributed by atoms with van der Waals surface area (Å²) >= 11 is 1.79. The molecule has 0 aliphatic carbocycles. The van der Waals surface area contributed by atoms with Crippen LogP contribution >= 0.6 is 11.3 Å². The van der Waals surface area contributed by atoms with E-state index in [0.717, 1.165) is 11.4 Å². The minimum atomic E-state index is 0.244. The molecule has 17 heavy (non-hydrogen) atoms. The van der Waals surface area contributed by atoms with Gasteiger partial charge in [-0.1, -0.05) is 6.07 Å². The zero-order valence-electron chi connectivity index (χ0n) is 10.7. The van der Waals surface area contributed by atoms with Crippen molar-refractivity contribution in [3.8, 4) is 0 Å². The lowest BCUT2D eigenvalue weighted by Crippen LogP contribution is -2.18. The lowest BCUT2D eigenvalue weighted by atomic mass is 9.99. The van der Waals surface area contributed by atoms with Crippen molar-refractivity contribution in [2.75, 3.05) is 7.05 Å². The molecule has 0 aliphatic rings. The molecule has 2 heterocycles. The standard InChI is InChI=1S/C14H18N2S/c1-9-5-6-13(11(3)16-9)14(15-4)12-7-10(2)17-8-12/h5-8,14-15H,1-4H3. The zero-order chi connectivity index (χ0) is 12.4.